The summed E-state index contributed by atoms with van der Waals surface area (Å²) >= 11 is 6.29. The zero-order valence-corrected chi connectivity index (χ0v) is 19.1. The van der Waals surface area contributed by atoms with E-state index >= 15 is 0 Å². The van der Waals surface area contributed by atoms with Crippen molar-refractivity contribution in [1.29, 1.82) is 0 Å². The summed E-state index contributed by atoms with van der Waals surface area (Å²) in [5, 5.41) is 11.9. The number of allylic oxidation sites excluding steroid dienone is 1. The van der Waals surface area contributed by atoms with E-state index in [-0.39, 0.29) is 18.9 Å². The van der Waals surface area contributed by atoms with Gasteiger partial charge in [0.15, 0.2) is 0 Å². The summed E-state index contributed by atoms with van der Waals surface area (Å²) in [4.78, 5) is 23.3. The van der Waals surface area contributed by atoms with Gasteiger partial charge in [0.1, 0.15) is 11.5 Å². The molecule has 0 aliphatic heterocycles. The van der Waals surface area contributed by atoms with E-state index in [1.807, 2.05) is 6.08 Å². The number of carboxylic acid groups (broad SMARTS) is 1. The number of hydrogen-bond donors (Lipinski definition) is 2. The Morgan fingerprint density at radius 1 is 1.06 bits per heavy atom. The van der Waals surface area contributed by atoms with E-state index in [2.05, 4.69) is 12.2 Å². The van der Waals surface area contributed by atoms with Gasteiger partial charge >= 0.3 is 5.97 Å². The van der Waals surface area contributed by atoms with Crippen molar-refractivity contribution in [3.8, 4) is 11.5 Å². The molecule has 2 N–H and O–H groups in total. The van der Waals surface area contributed by atoms with E-state index in [1.54, 1.807) is 48.7 Å². The van der Waals surface area contributed by atoms with E-state index in [4.69, 9.17) is 26.2 Å². The standard InChI is InChI=1S/C25H30ClNO5/c1-2-3-4-5-6-9-16-31-22-15-14-19(18-20(22)26)25(30)27-21-11-7-8-12-23(21)32-17-10-13-24(28)29/h7-9,11-12,14-16,18H,2-6,10,13,17H2,1H3,(H,27,30)(H,28,29)/b16-9+. The number of benzene rings is 2. The minimum atomic E-state index is -0.873. The Bertz CT molecular complexity index is 913. The molecule has 2 aromatic rings. The van der Waals surface area contributed by atoms with Crippen LogP contribution in [0.4, 0.5) is 5.69 Å². The largest absolute Gasteiger partial charge is 0.491 e. The molecule has 6 nitrogen and oxygen atoms in total. The summed E-state index contributed by atoms with van der Waals surface area (Å²) in [6.45, 7) is 2.42. The van der Waals surface area contributed by atoms with Crippen LogP contribution >= 0.6 is 11.6 Å². The lowest BCUT2D eigenvalue weighted by Crippen LogP contribution is -2.13. The number of amides is 1. The first-order valence-corrected chi connectivity index (χ1v) is 11.2. The van der Waals surface area contributed by atoms with Gasteiger partial charge < -0.3 is 19.9 Å². The molecule has 0 aromatic heterocycles. The molecule has 0 fully saturated rings. The lowest BCUT2D eigenvalue weighted by atomic mass is 10.1. The van der Waals surface area contributed by atoms with Crippen LogP contribution in [-0.2, 0) is 4.79 Å². The normalized spacial score (nSPS) is 10.8. The summed E-state index contributed by atoms with van der Waals surface area (Å²) in [5.74, 6) is -0.259. The average molecular weight is 460 g/mol. The number of aliphatic carboxylic acids is 1. The number of ether oxygens (including phenoxy) is 2. The summed E-state index contributed by atoms with van der Waals surface area (Å²) in [6, 6.07) is 11.8. The van der Waals surface area contributed by atoms with Crippen LogP contribution in [0.1, 0.15) is 62.2 Å². The van der Waals surface area contributed by atoms with Gasteiger partial charge in [0.05, 0.1) is 23.6 Å². The van der Waals surface area contributed by atoms with Crippen LogP contribution in [0.25, 0.3) is 0 Å². The third-order valence-electron chi connectivity index (χ3n) is 4.64. The highest BCUT2D eigenvalue weighted by atomic mass is 35.5. The van der Waals surface area contributed by atoms with Crippen molar-refractivity contribution in [3.63, 3.8) is 0 Å². The minimum Gasteiger partial charge on any atom is -0.491 e. The number of halogens is 1. The van der Waals surface area contributed by atoms with Gasteiger partial charge in [-0.2, -0.15) is 0 Å². The second-order valence-corrected chi connectivity index (χ2v) is 7.69. The lowest BCUT2D eigenvalue weighted by Gasteiger charge is -2.13. The lowest BCUT2D eigenvalue weighted by molar-refractivity contribution is -0.137. The van der Waals surface area contributed by atoms with E-state index in [0.717, 1.165) is 12.8 Å². The van der Waals surface area contributed by atoms with Crippen LogP contribution < -0.4 is 14.8 Å². The average Bonchev–Trinajstić information content (AvgIpc) is 2.77. The molecule has 0 aliphatic carbocycles. The second kappa shape index (κ2) is 14.1. The molecule has 0 aliphatic rings. The molecule has 0 saturated heterocycles. The van der Waals surface area contributed by atoms with Crippen LogP contribution in [-0.4, -0.2) is 23.6 Å². The summed E-state index contributed by atoms with van der Waals surface area (Å²) in [6.07, 6.45) is 9.75. The SMILES string of the molecule is CCCCCC/C=C/Oc1ccc(C(=O)Nc2ccccc2OCCCC(=O)O)cc1Cl. The molecule has 2 rings (SSSR count). The van der Waals surface area contributed by atoms with Crippen molar-refractivity contribution in [3.05, 3.63) is 65.4 Å². The maximum atomic E-state index is 12.7. The molecule has 2 aromatic carbocycles. The fourth-order valence-electron chi connectivity index (χ4n) is 2.91. The Morgan fingerprint density at radius 3 is 2.62 bits per heavy atom. The van der Waals surface area contributed by atoms with Crippen LogP contribution in [0, 0.1) is 0 Å². The Kier molecular flexibility index (Phi) is 11.2. The van der Waals surface area contributed by atoms with Crippen molar-refractivity contribution < 1.29 is 24.2 Å². The molecule has 0 heterocycles. The fourth-order valence-corrected chi connectivity index (χ4v) is 3.14. The molecule has 32 heavy (non-hydrogen) atoms. The van der Waals surface area contributed by atoms with Gasteiger partial charge in [-0.05, 0) is 55.7 Å². The van der Waals surface area contributed by atoms with Crippen LogP contribution in [0.2, 0.25) is 5.02 Å². The first-order valence-electron chi connectivity index (χ1n) is 10.9. The predicted molar refractivity (Wildman–Crippen MR) is 127 cm³/mol. The van der Waals surface area contributed by atoms with Crippen molar-refractivity contribution in [2.45, 2.75) is 51.9 Å². The monoisotopic (exact) mass is 459 g/mol. The van der Waals surface area contributed by atoms with Crippen molar-refractivity contribution in [2.75, 3.05) is 11.9 Å². The number of rotatable bonds is 14. The van der Waals surface area contributed by atoms with Gasteiger partial charge in [-0.3, -0.25) is 9.59 Å². The van der Waals surface area contributed by atoms with Crippen molar-refractivity contribution >= 4 is 29.2 Å². The van der Waals surface area contributed by atoms with E-state index < -0.39 is 5.97 Å². The molecule has 0 spiro atoms. The maximum absolute atomic E-state index is 12.7. The number of unbranched alkanes of at least 4 members (excludes halogenated alkanes) is 4. The Morgan fingerprint density at radius 2 is 1.88 bits per heavy atom. The number of carbonyl (C=O) groups is 2. The first-order chi connectivity index (χ1) is 15.5. The Balaban J connectivity index is 1.91. The maximum Gasteiger partial charge on any atom is 0.303 e. The summed E-state index contributed by atoms with van der Waals surface area (Å²) in [5.41, 5.74) is 0.877. The highest BCUT2D eigenvalue weighted by Crippen LogP contribution is 2.28. The number of carbonyl (C=O) groups excluding carboxylic acids is 1. The van der Waals surface area contributed by atoms with Crippen LogP contribution in [0.15, 0.2) is 54.8 Å². The van der Waals surface area contributed by atoms with Gasteiger partial charge in [0.25, 0.3) is 5.91 Å². The molecular weight excluding hydrogens is 430 g/mol. The van der Waals surface area contributed by atoms with Gasteiger partial charge in [-0.1, -0.05) is 49.9 Å². The van der Waals surface area contributed by atoms with Gasteiger partial charge in [-0.25, -0.2) is 0 Å². The van der Waals surface area contributed by atoms with E-state index in [0.29, 0.717) is 34.2 Å². The molecule has 1 amide bonds. The van der Waals surface area contributed by atoms with Gasteiger partial charge in [-0.15, -0.1) is 0 Å². The zero-order chi connectivity index (χ0) is 23.2. The minimum absolute atomic E-state index is 0.0233. The highest BCUT2D eigenvalue weighted by Gasteiger charge is 2.12. The van der Waals surface area contributed by atoms with E-state index in [1.165, 1.54) is 19.3 Å². The topological polar surface area (TPSA) is 84.9 Å². The molecule has 0 saturated carbocycles. The predicted octanol–water partition coefficient (Wildman–Crippen LogP) is 6.70. The number of anilines is 1. The summed E-state index contributed by atoms with van der Waals surface area (Å²) < 4.78 is 11.2. The molecule has 0 atom stereocenters. The smallest absolute Gasteiger partial charge is 0.303 e. The Labute approximate surface area is 194 Å². The molecule has 172 valence electrons. The number of para-hydroxylation sites is 2. The zero-order valence-electron chi connectivity index (χ0n) is 18.3. The fraction of sp³-hybridized carbons (Fsp3) is 0.360. The summed E-state index contributed by atoms with van der Waals surface area (Å²) in [7, 11) is 0. The third kappa shape index (κ3) is 9.02. The van der Waals surface area contributed by atoms with E-state index in [9.17, 15) is 9.59 Å². The van der Waals surface area contributed by atoms with Gasteiger partial charge in [0.2, 0.25) is 0 Å². The number of nitrogens with one attached hydrogen (secondary N) is 1. The molecule has 7 heteroatoms. The van der Waals surface area contributed by atoms with Crippen LogP contribution in [0.3, 0.4) is 0 Å². The van der Waals surface area contributed by atoms with Crippen LogP contribution in [0.5, 0.6) is 11.5 Å². The molecular formula is C25H30ClNO5. The molecule has 0 unspecified atom stereocenters. The van der Waals surface area contributed by atoms with Crippen molar-refractivity contribution in [2.24, 2.45) is 0 Å². The third-order valence-corrected chi connectivity index (χ3v) is 4.93. The highest BCUT2D eigenvalue weighted by molar-refractivity contribution is 6.32. The van der Waals surface area contributed by atoms with Crippen molar-refractivity contribution in [1.82, 2.24) is 0 Å². The number of carboxylic acids is 1. The number of hydrogen-bond acceptors (Lipinski definition) is 4. The quantitative estimate of drug-likeness (QED) is 0.242. The Hall–Kier alpha value is -2.99. The molecule has 0 bridgehead atoms. The second-order valence-electron chi connectivity index (χ2n) is 7.28. The first kappa shape index (κ1) is 25.3. The van der Waals surface area contributed by atoms with Gasteiger partial charge in [0, 0.05) is 12.0 Å². The molecule has 0 radical (unpaired) electrons.